The second kappa shape index (κ2) is 7.78. The number of carbonyl (C=O) groups excluding carboxylic acids is 1. The Kier molecular flexibility index (Phi) is 6.36. The Morgan fingerprint density at radius 1 is 1.20 bits per heavy atom. The van der Waals surface area contributed by atoms with Crippen LogP contribution in [0.1, 0.15) is 40.5 Å². The zero-order valence-corrected chi connectivity index (χ0v) is 12.9. The van der Waals surface area contributed by atoms with Crippen molar-refractivity contribution < 1.29 is 14.3 Å². The summed E-state index contributed by atoms with van der Waals surface area (Å²) in [6, 6.07) is 7.73. The molecule has 4 heteroatoms. The Morgan fingerprint density at radius 2 is 1.85 bits per heavy atom. The molecule has 0 spiro atoms. The van der Waals surface area contributed by atoms with Crippen molar-refractivity contribution >= 4 is 11.7 Å². The van der Waals surface area contributed by atoms with Crippen LogP contribution in [0, 0.1) is 0 Å². The van der Waals surface area contributed by atoms with Crippen molar-refractivity contribution in [1.29, 1.82) is 0 Å². The first kappa shape index (κ1) is 16.3. The lowest BCUT2D eigenvalue weighted by Crippen LogP contribution is -2.25. The van der Waals surface area contributed by atoms with Crippen LogP contribution in [0.15, 0.2) is 24.3 Å². The van der Waals surface area contributed by atoms with Crippen molar-refractivity contribution in [3.05, 3.63) is 24.3 Å². The molecule has 112 valence electrons. The SMILES string of the molecule is CCCOc1ccc(NCCC(=O)OC(C)(C)C)cc1. The molecule has 0 aromatic heterocycles. The molecule has 1 aromatic carbocycles. The van der Waals surface area contributed by atoms with Gasteiger partial charge in [-0.1, -0.05) is 6.92 Å². The predicted octanol–water partition coefficient (Wildman–Crippen LogP) is 3.62. The third-order valence-electron chi connectivity index (χ3n) is 2.41. The summed E-state index contributed by atoms with van der Waals surface area (Å²) in [5.74, 6) is 0.678. The molecule has 0 bridgehead atoms. The molecule has 0 unspecified atom stereocenters. The number of ether oxygens (including phenoxy) is 2. The lowest BCUT2D eigenvalue weighted by molar-refractivity contribution is -0.154. The highest BCUT2D eigenvalue weighted by atomic mass is 16.6. The summed E-state index contributed by atoms with van der Waals surface area (Å²) < 4.78 is 10.7. The summed E-state index contributed by atoms with van der Waals surface area (Å²) in [5.41, 5.74) is 0.549. The quantitative estimate of drug-likeness (QED) is 0.774. The predicted molar refractivity (Wildman–Crippen MR) is 81.2 cm³/mol. The normalized spacial score (nSPS) is 11.0. The van der Waals surface area contributed by atoms with Gasteiger partial charge in [0.2, 0.25) is 0 Å². The molecule has 0 aliphatic rings. The van der Waals surface area contributed by atoms with E-state index in [9.17, 15) is 4.79 Å². The second-order valence-corrected chi connectivity index (χ2v) is 5.64. The zero-order chi connectivity index (χ0) is 15.0. The molecule has 4 nitrogen and oxygen atoms in total. The summed E-state index contributed by atoms with van der Waals surface area (Å²) in [5, 5.41) is 3.19. The van der Waals surface area contributed by atoms with Gasteiger partial charge < -0.3 is 14.8 Å². The van der Waals surface area contributed by atoms with Gasteiger partial charge in [-0.25, -0.2) is 0 Å². The summed E-state index contributed by atoms with van der Waals surface area (Å²) in [6.45, 7) is 8.97. The molecule has 20 heavy (non-hydrogen) atoms. The highest BCUT2D eigenvalue weighted by molar-refractivity contribution is 5.70. The molecule has 0 aliphatic carbocycles. The number of anilines is 1. The van der Waals surface area contributed by atoms with Gasteiger partial charge in [-0.05, 0) is 51.5 Å². The average Bonchev–Trinajstić information content (AvgIpc) is 2.35. The molecule has 0 saturated carbocycles. The number of hydrogen-bond acceptors (Lipinski definition) is 4. The highest BCUT2D eigenvalue weighted by Crippen LogP contribution is 2.16. The Hall–Kier alpha value is -1.71. The summed E-state index contributed by atoms with van der Waals surface area (Å²) in [4.78, 5) is 11.5. The van der Waals surface area contributed by atoms with E-state index >= 15 is 0 Å². The smallest absolute Gasteiger partial charge is 0.308 e. The molecule has 1 aromatic rings. The first-order chi connectivity index (χ1) is 9.40. The largest absolute Gasteiger partial charge is 0.494 e. The standard InChI is InChI=1S/C16H25NO3/c1-5-12-19-14-8-6-13(7-9-14)17-11-10-15(18)20-16(2,3)4/h6-9,17H,5,10-12H2,1-4H3. The van der Waals surface area contributed by atoms with Gasteiger partial charge in [-0.2, -0.15) is 0 Å². The third-order valence-corrected chi connectivity index (χ3v) is 2.41. The molecule has 0 saturated heterocycles. The maximum atomic E-state index is 11.5. The van der Waals surface area contributed by atoms with E-state index in [0.717, 1.165) is 24.5 Å². The number of hydrogen-bond donors (Lipinski definition) is 1. The Labute approximate surface area is 121 Å². The number of carbonyl (C=O) groups is 1. The summed E-state index contributed by atoms with van der Waals surface area (Å²) >= 11 is 0. The van der Waals surface area contributed by atoms with E-state index < -0.39 is 5.60 Å². The molecule has 0 amide bonds. The minimum absolute atomic E-state index is 0.187. The Morgan fingerprint density at radius 3 is 2.40 bits per heavy atom. The molecule has 1 rings (SSSR count). The van der Waals surface area contributed by atoms with Crippen LogP contribution >= 0.6 is 0 Å². The number of benzene rings is 1. The lowest BCUT2D eigenvalue weighted by Gasteiger charge is -2.19. The third kappa shape index (κ3) is 7.02. The van der Waals surface area contributed by atoms with Crippen LogP contribution in [0.2, 0.25) is 0 Å². The van der Waals surface area contributed by atoms with Crippen molar-refractivity contribution in [2.75, 3.05) is 18.5 Å². The average molecular weight is 279 g/mol. The van der Waals surface area contributed by atoms with Crippen LogP contribution in [0.5, 0.6) is 5.75 Å². The molecule has 0 fully saturated rings. The topological polar surface area (TPSA) is 47.6 Å². The minimum atomic E-state index is -0.421. The van der Waals surface area contributed by atoms with Crippen LogP contribution in [0.4, 0.5) is 5.69 Å². The molecule has 1 N–H and O–H groups in total. The van der Waals surface area contributed by atoms with E-state index in [1.165, 1.54) is 0 Å². The van der Waals surface area contributed by atoms with Gasteiger partial charge in [0.1, 0.15) is 11.4 Å². The maximum absolute atomic E-state index is 11.5. The lowest BCUT2D eigenvalue weighted by atomic mass is 10.2. The van der Waals surface area contributed by atoms with Gasteiger partial charge in [0.15, 0.2) is 0 Å². The van der Waals surface area contributed by atoms with E-state index in [2.05, 4.69) is 12.2 Å². The first-order valence-electron chi connectivity index (χ1n) is 7.09. The molecule has 0 aliphatic heterocycles. The zero-order valence-electron chi connectivity index (χ0n) is 12.9. The monoisotopic (exact) mass is 279 g/mol. The van der Waals surface area contributed by atoms with Gasteiger partial charge >= 0.3 is 5.97 Å². The van der Waals surface area contributed by atoms with Crippen LogP contribution in [-0.2, 0) is 9.53 Å². The van der Waals surface area contributed by atoms with Crippen LogP contribution in [0.25, 0.3) is 0 Å². The van der Waals surface area contributed by atoms with Gasteiger partial charge in [0.25, 0.3) is 0 Å². The van der Waals surface area contributed by atoms with Gasteiger partial charge in [0.05, 0.1) is 13.0 Å². The van der Waals surface area contributed by atoms with E-state index in [1.54, 1.807) is 0 Å². The van der Waals surface area contributed by atoms with Crippen molar-refractivity contribution in [1.82, 2.24) is 0 Å². The molecular formula is C16H25NO3. The first-order valence-corrected chi connectivity index (χ1v) is 7.09. The molecular weight excluding hydrogens is 254 g/mol. The van der Waals surface area contributed by atoms with Gasteiger partial charge in [-0.3, -0.25) is 4.79 Å². The van der Waals surface area contributed by atoms with E-state index in [4.69, 9.17) is 9.47 Å². The van der Waals surface area contributed by atoms with Crippen LogP contribution in [0.3, 0.4) is 0 Å². The minimum Gasteiger partial charge on any atom is -0.494 e. The van der Waals surface area contributed by atoms with Crippen molar-refractivity contribution in [2.45, 2.75) is 46.1 Å². The van der Waals surface area contributed by atoms with Crippen molar-refractivity contribution in [3.63, 3.8) is 0 Å². The Bertz CT molecular complexity index is 407. The fraction of sp³-hybridized carbons (Fsp3) is 0.562. The summed E-state index contributed by atoms with van der Waals surface area (Å²) in [6.07, 6.45) is 1.35. The second-order valence-electron chi connectivity index (χ2n) is 5.64. The van der Waals surface area contributed by atoms with Gasteiger partial charge in [0, 0.05) is 12.2 Å². The van der Waals surface area contributed by atoms with Crippen molar-refractivity contribution in [3.8, 4) is 5.75 Å². The molecule has 0 heterocycles. The van der Waals surface area contributed by atoms with Crippen LogP contribution < -0.4 is 10.1 Å². The van der Waals surface area contributed by atoms with Crippen molar-refractivity contribution in [2.24, 2.45) is 0 Å². The van der Waals surface area contributed by atoms with E-state index in [0.29, 0.717) is 13.0 Å². The molecule has 0 radical (unpaired) electrons. The Balaban J connectivity index is 2.30. The number of rotatable bonds is 7. The fourth-order valence-electron chi connectivity index (χ4n) is 1.59. The van der Waals surface area contributed by atoms with Gasteiger partial charge in [-0.15, -0.1) is 0 Å². The number of esters is 1. The fourth-order valence-corrected chi connectivity index (χ4v) is 1.59. The van der Waals surface area contributed by atoms with E-state index in [-0.39, 0.29) is 5.97 Å². The molecule has 0 atom stereocenters. The summed E-state index contributed by atoms with van der Waals surface area (Å²) in [7, 11) is 0. The van der Waals surface area contributed by atoms with E-state index in [1.807, 2.05) is 45.0 Å². The van der Waals surface area contributed by atoms with Crippen LogP contribution in [-0.4, -0.2) is 24.7 Å². The number of nitrogens with one attached hydrogen (secondary N) is 1. The maximum Gasteiger partial charge on any atom is 0.308 e. The highest BCUT2D eigenvalue weighted by Gasteiger charge is 2.15.